The third-order valence-electron chi connectivity index (χ3n) is 3.08. The molecule has 2 aromatic rings. The van der Waals surface area contributed by atoms with Gasteiger partial charge in [-0.1, -0.05) is 24.1 Å². The normalized spacial score (nSPS) is 9.91. The zero-order valence-electron chi connectivity index (χ0n) is 12.8. The molecule has 23 heavy (non-hydrogen) atoms. The van der Waals surface area contributed by atoms with Gasteiger partial charge in [-0.15, -0.1) is 6.42 Å². The number of terminal acetylenes is 1. The van der Waals surface area contributed by atoms with E-state index in [1.165, 1.54) is 6.20 Å². The van der Waals surface area contributed by atoms with Crippen LogP contribution in [0.5, 0.6) is 0 Å². The Balaban J connectivity index is 2.33. The molecule has 0 saturated heterocycles. The maximum Gasteiger partial charge on any atom is 0.341 e. The fourth-order valence-corrected chi connectivity index (χ4v) is 2.08. The summed E-state index contributed by atoms with van der Waals surface area (Å²) < 4.78 is 5.04. The number of esters is 1. The van der Waals surface area contributed by atoms with Gasteiger partial charge in [0, 0.05) is 11.6 Å². The summed E-state index contributed by atoms with van der Waals surface area (Å²) in [6.07, 6.45) is 6.55. The summed E-state index contributed by atoms with van der Waals surface area (Å²) in [6, 6.07) is 7.34. The predicted molar refractivity (Wildman–Crippen MR) is 88.0 cm³/mol. The fourth-order valence-electron chi connectivity index (χ4n) is 2.08. The monoisotopic (exact) mass is 311 g/mol. The number of fused-ring (bicyclic) bond motifs is 1. The van der Waals surface area contributed by atoms with Crippen molar-refractivity contribution in [2.45, 2.75) is 6.92 Å². The zero-order chi connectivity index (χ0) is 16.7. The van der Waals surface area contributed by atoms with E-state index in [0.717, 1.165) is 5.39 Å². The highest BCUT2D eigenvalue weighted by molar-refractivity contribution is 6.05. The number of hydrogen-bond donors (Lipinski definition) is 2. The van der Waals surface area contributed by atoms with Crippen molar-refractivity contribution in [2.24, 2.45) is 0 Å². The van der Waals surface area contributed by atoms with E-state index in [1.54, 1.807) is 6.92 Å². The third-order valence-corrected chi connectivity index (χ3v) is 3.08. The van der Waals surface area contributed by atoms with Crippen LogP contribution in [0.25, 0.3) is 10.9 Å². The molecule has 2 N–H and O–H groups in total. The van der Waals surface area contributed by atoms with Gasteiger partial charge < -0.3 is 15.4 Å². The Kier molecular flexibility index (Phi) is 5.53. The van der Waals surface area contributed by atoms with Gasteiger partial charge in [-0.3, -0.25) is 9.78 Å². The first-order valence-corrected chi connectivity index (χ1v) is 7.16. The lowest BCUT2D eigenvalue weighted by Crippen LogP contribution is -2.30. The first-order chi connectivity index (χ1) is 11.2. The molecule has 1 heterocycles. The van der Waals surface area contributed by atoms with Gasteiger partial charge in [0.25, 0.3) is 0 Å². The van der Waals surface area contributed by atoms with Crippen LogP contribution in [0.3, 0.4) is 0 Å². The molecule has 0 fully saturated rings. The largest absolute Gasteiger partial charge is 0.462 e. The van der Waals surface area contributed by atoms with Crippen molar-refractivity contribution < 1.29 is 14.3 Å². The van der Waals surface area contributed by atoms with E-state index in [1.807, 2.05) is 24.3 Å². The molecule has 0 bridgehead atoms. The highest BCUT2D eigenvalue weighted by Crippen LogP contribution is 2.26. The Morgan fingerprint density at radius 2 is 2.13 bits per heavy atom. The number of benzene rings is 1. The van der Waals surface area contributed by atoms with Crippen molar-refractivity contribution in [3.05, 3.63) is 36.0 Å². The van der Waals surface area contributed by atoms with Gasteiger partial charge in [0.15, 0.2) is 0 Å². The summed E-state index contributed by atoms with van der Waals surface area (Å²) >= 11 is 0. The van der Waals surface area contributed by atoms with Crippen molar-refractivity contribution in [3.63, 3.8) is 0 Å². The third kappa shape index (κ3) is 3.98. The number of aromatic nitrogens is 1. The molecular formula is C17H17N3O3. The number of nitrogens with one attached hydrogen (secondary N) is 2. The van der Waals surface area contributed by atoms with Gasteiger partial charge in [0.05, 0.1) is 30.9 Å². The lowest BCUT2D eigenvalue weighted by atomic mass is 10.1. The fraction of sp³-hybridized carbons (Fsp3) is 0.235. The van der Waals surface area contributed by atoms with E-state index in [0.29, 0.717) is 11.2 Å². The lowest BCUT2D eigenvalue weighted by Gasteiger charge is -2.13. The first kappa shape index (κ1) is 16.3. The molecular weight excluding hydrogens is 294 g/mol. The Bertz CT molecular complexity index is 765. The number of hydrogen-bond acceptors (Lipinski definition) is 5. The smallest absolute Gasteiger partial charge is 0.341 e. The maximum atomic E-state index is 12.1. The summed E-state index contributed by atoms with van der Waals surface area (Å²) in [5, 5.41) is 6.28. The molecule has 2 rings (SSSR count). The van der Waals surface area contributed by atoms with Gasteiger partial charge >= 0.3 is 5.97 Å². The van der Waals surface area contributed by atoms with Crippen molar-refractivity contribution in [1.29, 1.82) is 0 Å². The molecule has 1 aromatic heterocycles. The second kappa shape index (κ2) is 7.80. The second-order valence-corrected chi connectivity index (χ2v) is 4.62. The van der Waals surface area contributed by atoms with Crippen LogP contribution in [0.15, 0.2) is 30.5 Å². The van der Waals surface area contributed by atoms with Gasteiger partial charge in [0.1, 0.15) is 5.56 Å². The van der Waals surface area contributed by atoms with Crippen LogP contribution in [-0.2, 0) is 9.53 Å². The number of anilines is 1. The molecule has 0 saturated carbocycles. The number of nitrogens with zero attached hydrogens (tertiary/aromatic N) is 1. The van der Waals surface area contributed by atoms with Gasteiger partial charge in [-0.05, 0) is 13.0 Å². The van der Waals surface area contributed by atoms with Crippen LogP contribution >= 0.6 is 0 Å². The van der Waals surface area contributed by atoms with Crippen LogP contribution in [0.2, 0.25) is 0 Å². The Hall–Kier alpha value is -3.07. The number of rotatable bonds is 6. The van der Waals surface area contributed by atoms with Crippen molar-refractivity contribution in [1.82, 2.24) is 10.3 Å². The number of carbonyl (C=O) groups is 2. The summed E-state index contributed by atoms with van der Waals surface area (Å²) in [5.74, 6) is 1.58. The van der Waals surface area contributed by atoms with E-state index in [4.69, 9.17) is 11.2 Å². The molecule has 0 aliphatic rings. The second-order valence-electron chi connectivity index (χ2n) is 4.62. The number of pyridine rings is 1. The molecule has 0 spiro atoms. The van der Waals surface area contributed by atoms with E-state index >= 15 is 0 Å². The van der Waals surface area contributed by atoms with Crippen LogP contribution in [-0.4, -0.2) is 36.6 Å². The lowest BCUT2D eigenvalue weighted by molar-refractivity contribution is -0.119. The molecule has 118 valence electrons. The molecule has 1 amide bonds. The summed E-state index contributed by atoms with van der Waals surface area (Å²) in [5.41, 5.74) is 1.52. The molecule has 0 unspecified atom stereocenters. The average Bonchev–Trinajstić information content (AvgIpc) is 2.57. The maximum absolute atomic E-state index is 12.1. The average molecular weight is 311 g/mol. The molecule has 0 atom stereocenters. The van der Waals surface area contributed by atoms with Gasteiger partial charge in [-0.25, -0.2) is 4.79 Å². The quantitative estimate of drug-likeness (QED) is 0.625. The van der Waals surface area contributed by atoms with E-state index in [9.17, 15) is 9.59 Å². The Morgan fingerprint density at radius 3 is 2.87 bits per heavy atom. The molecule has 1 aromatic carbocycles. The molecule has 0 aliphatic heterocycles. The van der Waals surface area contributed by atoms with E-state index in [2.05, 4.69) is 21.5 Å². The topological polar surface area (TPSA) is 80.3 Å². The van der Waals surface area contributed by atoms with Crippen molar-refractivity contribution >= 4 is 28.5 Å². The van der Waals surface area contributed by atoms with Crippen LogP contribution in [0, 0.1) is 12.3 Å². The molecule has 6 nitrogen and oxygen atoms in total. The summed E-state index contributed by atoms with van der Waals surface area (Å²) in [4.78, 5) is 28.1. The minimum atomic E-state index is -0.489. The number of carbonyl (C=O) groups excluding carboxylic acids is 2. The molecule has 0 radical (unpaired) electrons. The van der Waals surface area contributed by atoms with Gasteiger partial charge in [0.2, 0.25) is 5.91 Å². The SMILES string of the molecule is C#CCNC(=O)CNc1c(C(=O)OCC)cnc2ccccc12. The number of ether oxygens (including phenoxy) is 1. The summed E-state index contributed by atoms with van der Waals surface area (Å²) in [7, 11) is 0. The minimum absolute atomic E-state index is 0.0118. The highest BCUT2D eigenvalue weighted by atomic mass is 16.5. The zero-order valence-corrected chi connectivity index (χ0v) is 12.8. The first-order valence-electron chi connectivity index (χ1n) is 7.16. The van der Waals surface area contributed by atoms with Crippen LogP contribution in [0.1, 0.15) is 17.3 Å². The number of amides is 1. The van der Waals surface area contributed by atoms with E-state index < -0.39 is 5.97 Å². The van der Waals surface area contributed by atoms with E-state index in [-0.39, 0.29) is 31.2 Å². The van der Waals surface area contributed by atoms with Crippen molar-refractivity contribution in [2.75, 3.05) is 25.0 Å². The molecule has 6 heteroatoms. The van der Waals surface area contributed by atoms with Crippen molar-refractivity contribution in [3.8, 4) is 12.3 Å². The number of para-hydroxylation sites is 1. The standard InChI is InChI=1S/C17H17N3O3/c1-3-9-18-15(21)11-20-16-12-7-5-6-8-14(12)19-10-13(16)17(22)23-4-2/h1,5-8,10H,4,9,11H2,2H3,(H,18,21)(H,19,20). The minimum Gasteiger partial charge on any atom is -0.462 e. The molecule has 0 aliphatic carbocycles. The Labute approximate surface area is 134 Å². The van der Waals surface area contributed by atoms with Crippen LogP contribution in [0.4, 0.5) is 5.69 Å². The van der Waals surface area contributed by atoms with Gasteiger partial charge in [-0.2, -0.15) is 0 Å². The predicted octanol–water partition coefficient (Wildman–Crippen LogP) is 1.57. The summed E-state index contributed by atoms with van der Waals surface area (Å²) in [6.45, 7) is 2.13. The highest BCUT2D eigenvalue weighted by Gasteiger charge is 2.17. The van der Waals surface area contributed by atoms with Crippen LogP contribution < -0.4 is 10.6 Å². The Morgan fingerprint density at radius 1 is 1.35 bits per heavy atom.